The van der Waals surface area contributed by atoms with Crippen molar-refractivity contribution in [1.82, 2.24) is 19.4 Å². The molecule has 5 rings (SSSR count). The van der Waals surface area contributed by atoms with Crippen LogP contribution in [0.4, 0.5) is 4.79 Å². The number of aromatic nitrogens is 2. The standard InChI is InChI=1S/C33H40N4O3/c1-33(2,3)30(35(22-24-12-6-4-7-13-24)23-25-14-8-5-9-15-25)21-27-20-26(18-19-36(27)32(39)40)37-29-17-11-10-16-28(29)34-31(37)38/h4-17,26-27,30H,18-23H2,1-3H3,(H,34,38)(H,39,40). The maximum atomic E-state index is 13.0. The molecule has 1 fully saturated rings. The molecule has 1 saturated heterocycles. The fraction of sp³-hybridized carbons (Fsp3) is 0.394. The van der Waals surface area contributed by atoms with Gasteiger partial charge in [-0.1, -0.05) is 93.6 Å². The molecule has 210 valence electrons. The lowest BCUT2D eigenvalue weighted by Gasteiger charge is -2.46. The van der Waals surface area contributed by atoms with Gasteiger partial charge in [0.05, 0.1) is 11.0 Å². The lowest BCUT2D eigenvalue weighted by atomic mass is 9.79. The van der Waals surface area contributed by atoms with E-state index in [4.69, 9.17) is 0 Å². The number of nitrogens with one attached hydrogen (secondary N) is 1. The Bertz CT molecular complexity index is 1430. The number of likely N-dealkylation sites (tertiary alicyclic amines) is 1. The molecule has 7 nitrogen and oxygen atoms in total. The highest BCUT2D eigenvalue weighted by molar-refractivity contribution is 5.75. The summed E-state index contributed by atoms with van der Waals surface area (Å²) in [6, 6.07) is 28.5. The quantitative estimate of drug-likeness (QED) is 0.267. The van der Waals surface area contributed by atoms with Crippen LogP contribution in [-0.2, 0) is 13.1 Å². The van der Waals surface area contributed by atoms with E-state index in [9.17, 15) is 14.7 Å². The number of hydrogen-bond acceptors (Lipinski definition) is 3. The molecule has 4 aromatic rings. The van der Waals surface area contributed by atoms with Crippen molar-refractivity contribution in [3.63, 3.8) is 0 Å². The number of H-pyrrole nitrogens is 1. The first kappa shape index (κ1) is 27.7. The molecule has 3 atom stereocenters. The van der Waals surface area contributed by atoms with Gasteiger partial charge in [-0.3, -0.25) is 9.47 Å². The zero-order chi connectivity index (χ0) is 28.3. The van der Waals surface area contributed by atoms with Crippen molar-refractivity contribution in [2.75, 3.05) is 6.54 Å². The lowest BCUT2D eigenvalue weighted by Crippen LogP contribution is -2.52. The van der Waals surface area contributed by atoms with Crippen LogP contribution in [0.3, 0.4) is 0 Å². The van der Waals surface area contributed by atoms with Gasteiger partial charge in [0.15, 0.2) is 0 Å². The van der Waals surface area contributed by atoms with Gasteiger partial charge in [-0.05, 0) is 47.9 Å². The SMILES string of the molecule is CC(C)(C)C(CC1CC(n2c(=O)[nH]c3ccccc32)CCN1C(=O)O)N(Cc1ccccc1)Cc1ccccc1. The van der Waals surface area contributed by atoms with Crippen molar-refractivity contribution >= 4 is 17.1 Å². The molecule has 0 bridgehead atoms. The van der Waals surface area contributed by atoms with Crippen LogP contribution in [0, 0.1) is 5.41 Å². The second kappa shape index (κ2) is 11.7. The number of carboxylic acid groups (broad SMARTS) is 1. The second-order valence-electron chi connectivity index (χ2n) is 12.1. The van der Waals surface area contributed by atoms with E-state index in [1.807, 2.05) is 41.0 Å². The summed E-state index contributed by atoms with van der Waals surface area (Å²) in [5, 5.41) is 10.2. The van der Waals surface area contributed by atoms with E-state index in [2.05, 4.69) is 79.2 Å². The first-order valence-corrected chi connectivity index (χ1v) is 14.2. The van der Waals surface area contributed by atoms with E-state index in [1.54, 1.807) is 4.90 Å². The molecule has 1 amide bonds. The molecule has 3 unspecified atom stereocenters. The summed E-state index contributed by atoms with van der Waals surface area (Å²) >= 11 is 0. The van der Waals surface area contributed by atoms with Crippen LogP contribution in [0.1, 0.15) is 57.2 Å². The van der Waals surface area contributed by atoms with Gasteiger partial charge in [0, 0.05) is 37.8 Å². The molecule has 2 heterocycles. The largest absolute Gasteiger partial charge is 0.465 e. The Kier molecular flexibility index (Phi) is 8.12. The molecule has 0 spiro atoms. The van der Waals surface area contributed by atoms with Gasteiger partial charge in [-0.2, -0.15) is 0 Å². The molecule has 1 aromatic heterocycles. The minimum absolute atomic E-state index is 0.0680. The average molecular weight is 541 g/mol. The topological polar surface area (TPSA) is 81.6 Å². The summed E-state index contributed by atoms with van der Waals surface area (Å²) in [6.45, 7) is 8.68. The van der Waals surface area contributed by atoms with Crippen molar-refractivity contribution in [2.45, 2.75) is 71.2 Å². The number of imidazole rings is 1. The maximum absolute atomic E-state index is 13.0. The van der Waals surface area contributed by atoms with Gasteiger partial charge < -0.3 is 15.0 Å². The highest BCUT2D eigenvalue weighted by Crippen LogP contribution is 2.37. The van der Waals surface area contributed by atoms with Gasteiger partial charge in [-0.15, -0.1) is 0 Å². The number of benzene rings is 3. The third kappa shape index (κ3) is 6.15. The van der Waals surface area contributed by atoms with Gasteiger partial charge in [0.1, 0.15) is 0 Å². The molecule has 3 aromatic carbocycles. The summed E-state index contributed by atoms with van der Waals surface area (Å²) in [7, 11) is 0. The van der Waals surface area contributed by atoms with Gasteiger partial charge in [0.25, 0.3) is 0 Å². The number of carbonyl (C=O) groups is 1. The molecule has 2 N–H and O–H groups in total. The number of para-hydroxylation sites is 2. The van der Waals surface area contributed by atoms with Gasteiger partial charge in [0.2, 0.25) is 0 Å². The van der Waals surface area contributed by atoms with Crippen LogP contribution in [0.15, 0.2) is 89.7 Å². The van der Waals surface area contributed by atoms with E-state index >= 15 is 0 Å². The number of amides is 1. The van der Waals surface area contributed by atoms with E-state index in [0.29, 0.717) is 25.8 Å². The molecular weight excluding hydrogens is 500 g/mol. The third-order valence-corrected chi connectivity index (χ3v) is 8.32. The molecule has 0 radical (unpaired) electrons. The molecule has 0 aliphatic carbocycles. The normalized spacial score (nSPS) is 18.8. The predicted molar refractivity (Wildman–Crippen MR) is 159 cm³/mol. The number of hydrogen-bond donors (Lipinski definition) is 2. The van der Waals surface area contributed by atoms with Crippen molar-refractivity contribution in [3.8, 4) is 0 Å². The van der Waals surface area contributed by atoms with Crippen LogP contribution in [0.25, 0.3) is 11.0 Å². The minimum Gasteiger partial charge on any atom is -0.465 e. The number of aromatic amines is 1. The Hall–Kier alpha value is -3.84. The van der Waals surface area contributed by atoms with E-state index in [0.717, 1.165) is 24.1 Å². The number of rotatable bonds is 8. The zero-order valence-corrected chi connectivity index (χ0v) is 23.7. The summed E-state index contributed by atoms with van der Waals surface area (Å²) in [6.07, 6.45) is 1.01. The highest BCUT2D eigenvalue weighted by atomic mass is 16.4. The first-order valence-electron chi connectivity index (χ1n) is 14.2. The summed E-state index contributed by atoms with van der Waals surface area (Å²) in [4.78, 5) is 32.6. The second-order valence-corrected chi connectivity index (χ2v) is 12.1. The van der Waals surface area contributed by atoms with E-state index < -0.39 is 6.09 Å². The van der Waals surface area contributed by atoms with Crippen LogP contribution in [-0.4, -0.2) is 49.2 Å². The predicted octanol–water partition coefficient (Wildman–Crippen LogP) is 6.52. The monoisotopic (exact) mass is 540 g/mol. The molecule has 0 saturated carbocycles. The fourth-order valence-electron chi connectivity index (χ4n) is 6.40. The number of nitrogens with zero attached hydrogens (tertiary/aromatic N) is 3. The number of fused-ring (bicyclic) bond motifs is 1. The third-order valence-electron chi connectivity index (χ3n) is 8.32. The highest BCUT2D eigenvalue weighted by Gasteiger charge is 2.39. The number of piperidine rings is 1. The van der Waals surface area contributed by atoms with Crippen molar-refractivity contribution < 1.29 is 9.90 Å². The van der Waals surface area contributed by atoms with Gasteiger partial charge >= 0.3 is 11.8 Å². The lowest BCUT2D eigenvalue weighted by molar-refractivity contribution is 0.0298. The minimum atomic E-state index is -0.889. The first-order chi connectivity index (χ1) is 19.2. The van der Waals surface area contributed by atoms with Crippen LogP contribution >= 0.6 is 0 Å². The zero-order valence-electron chi connectivity index (χ0n) is 23.7. The molecule has 1 aliphatic heterocycles. The summed E-state index contributed by atoms with van der Waals surface area (Å²) in [5.41, 5.74) is 3.91. The fourth-order valence-corrected chi connectivity index (χ4v) is 6.40. The average Bonchev–Trinajstić information content (AvgIpc) is 3.27. The molecular formula is C33H40N4O3. The smallest absolute Gasteiger partial charge is 0.407 e. The molecule has 1 aliphatic rings. The Labute approximate surface area is 236 Å². The van der Waals surface area contributed by atoms with E-state index in [1.165, 1.54) is 11.1 Å². The van der Waals surface area contributed by atoms with Crippen molar-refractivity contribution in [1.29, 1.82) is 0 Å². The van der Waals surface area contributed by atoms with E-state index in [-0.39, 0.29) is 29.2 Å². The van der Waals surface area contributed by atoms with Crippen molar-refractivity contribution in [3.05, 3.63) is 107 Å². The van der Waals surface area contributed by atoms with Crippen LogP contribution in [0.2, 0.25) is 0 Å². The van der Waals surface area contributed by atoms with Crippen LogP contribution < -0.4 is 5.69 Å². The molecule has 7 heteroatoms. The molecule has 40 heavy (non-hydrogen) atoms. The van der Waals surface area contributed by atoms with Crippen LogP contribution in [0.5, 0.6) is 0 Å². The Morgan fingerprint density at radius 1 is 0.950 bits per heavy atom. The Morgan fingerprint density at radius 3 is 2.10 bits per heavy atom. The summed E-state index contributed by atoms with van der Waals surface area (Å²) in [5.74, 6) is 0. The summed E-state index contributed by atoms with van der Waals surface area (Å²) < 4.78 is 1.85. The Morgan fingerprint density at radius 2 is 1.52 bits per heavy atom. The maximum Gasteiger partial charge on any atom is 0.407 e. The van der Waals surface area contributed by atoms with Crippen molar-refractivity contribution in [2.24, 2.45) is 5.41 Å². The van der Waals surface area contributed by atoms with Gasteiger partial charge in [-0.25, -0.2) is 9.59 Å². The Balaban J connectivity index is 1.48.